The lowest BCUT2D eigenvalue weighted by Gasteiger charge is -2.18. The number of hydrogen-bond donors (Lipinski definition) is 1. The van der Waals surface area contributed by atoms with Crippen LogP contribution in [0.3, 0.4) is 0 Å². The van der Waals surface area contributed by atoms with E-state index in [1.165, 1.54) is 14.2 Å². The number of aromatic nitrogens is 1. The predicted octanol–water partition coefficient (Wildman–Crippen LogP) is 3.07. The topological polar surface area (TPSA) is 63.7 Å². The Labute approximate surface area is 140 Å². The van der Waals surface area contributed by atoms with Gasteiger partial charge in [-0.05, 0) is 24.3 Å². The quantitative estimate of drug-likeness (QED) is 0.909. The highest BCUT2D eigenvalue weighted by Gasteiger charge is 2.17. The molecule has 122 valence electrons. The van der Waals surface area contributed by atoms with Crippen LogP contribution < -0.4 is 19.7 Å². The number of hydrogen-bond acceptors (Lipinski definition) is 5. The van der Waals surface area contributed by atoms with Crippen LogP contribution in [0.2, 0.25) is 5.02 Å². The number of carbonyl (C=O) groups excluding carboxylic acids is 1. The Morgan fingerprint density at radius 1 is 1.17 bits per heavy atom. The monoisotopic (exact) mass is 335 g/mol. The van der Waals surface area contributed by atoms with Crippen LogP contribution in [0.25, 0.3) is 0 Å². The SMILES string of the molecule is COc1ccc(C(=O)Nc2cc(Cl)ccc2N(C)C)c(OC)n1. The molecule has 0 saturated carbocycles. The number of ether oxygens (including phenoxy) is 2. The van der Waals surface area contributed by atoms with Crippen LogP contribution in [0.1, 0.15) is 10.4 Å². The average Bonchev–Trinajstić information content (AvgIpc) is 2.53. The number of pyridine rings is 1. The molecule has 1 amide bonds. The summed E-state index contributed by atoms with van der Waals surface area (Å²) in [6.07, 6.45) is 0. The summed E-state index contributed by atoms with van der Waals surface area (Å²) >= 11 is 6.03. The lowest BCUT2D eigenvalue weighted by Crippen LogP contribution is -2.17. The van der Waals surface area contributed by atoms with Crippen molar-refractivity contribution >= 4 is 28.9 Å². The summed E-state index contributed by atoms with van der Waals surface area (Å²) in [7, 11) is 6.71. The van der Waals surface area contributed by atoms with E-state index >= 15 is 0 Å². The standard InChI is InChI=1S/C16H18ClN3O3/c1-20(2)13-7-5-10(17)9-12(13)18-15(21)11-6-8-14(22-3)19-16(11)23-4/h5-9H,1-4H3,(H,18,21). The molecule has 23 heavy (non-hydrogen) atoms. The van der Waals surface area contributed by atoms with Gasteiger partial charge in [-0.3, -0.25) is 4.79 Å². The second-order valence-corrected chi connectivity index (χ2v) is 5.36. The van der Waals surface area contributed by atoms with Crippen molar-refractivity contribution in [2.45, 2.75) is 0 Å². The molecule has 2 aromatic rings. The molecule has 0 unspecified atom stereocenters. The number of halogens is 1. The van der Waals surface area contributed by atoms with Gasteiger partial charge in [-0.15, -0.1) is 0 Å². The molecule has 0 atom stereocenters. The van der Waals surface area contributed by atoms with Crippen molar-refractivity contribution in [3.8, 4) is 11.8 Å². The zero-order chi connectivity index (χ0) is 17.0. The smallest absolute Gasteiger partial charge is 0.261 e. The second kappa shape index (κ2) is 7.19. The van der Waals surface area contributed by atoms with Crippen molar-refractivity contribution in [3.63, 3.8) is 0 Å². The number of benzene rings is 1. The van der Waals surface area contributed by atoms with Gasteiger partial charge >= 0.3 is 0 Å². The summed E-state index contributed by atoms with van der Waals surface area (Å²) in [6.45, 7) is 0. The molecular weight excluding hydrogens is 318 g/mol. The van der Waals surface area contributed by atoms with E-state index in [2.05, 4.69) is 10.3 Å². The van der Waals surface area contributed by atoms with Gasteiger partial charge < -0.3 is 19.7 Å². The number of rotatable bonds is 5. The summed E-state index contributed by atoms with van der Waals surface area (Å²) in [4.78, 5) is 18.5. The third-order valence-electron chi connectivity index (χ3n) is 3.17. The number of nitrogens with one attached hydrogen (secondary N) is 1. The third-order valence-corrected chi connectivity index (χ3v) is 3.41. The maximum absolute atomic E-state index is 12.5. The number of carbonyl (C=O) groups is 1. The molecule has 1 N–H and O–H groups in total. The Morgan fingerprint density at radius 2 is 1.91 bits per heavy atom. The van der Waals surface area contributed by atoms with E-state index in [9.17, 15) is 4.79 Å². The van der Waals surface area contributed by atoms with E-state index in [4.69, 9.17) is 21.1 Å². The fraction of sp³-hybridized carbons (Fsp3) is 0.250. The molecule has 1 aromatic carbocycles. The van der Waals surface area contributed by atoms with Crippen molar-refractivity contribution in [2.75, 3.05) is 38.5 Å². The first-order valence-electron chi connectivity index (χ1n) is 6.83. The molecule has 1 aromatic heterocycles. The molecular formula is C16H18ClN3O3. The molecule has 1 heterocycles. The predicted molar refractivity (Wildman–Crippen MR) is 91.1 cm³/mol. The minimum absolute atomic E-state index is 0.190. The molecule has 0 fully saturated rings. The Bertz CT molecular complexity index is 720. The zero-order valence-corrected chi connectivity index (χ0v) is 14.1. The van der Waals surface area contributed by atoms with Crippen LogP contribution in [-0.2, 0) is 0 Å². The molecule has 0 aliphatic rings. The first-order chi connectivity index (χ1) is 11.0. The number of methoxy groups -OCH3 is 2. The highest BCUT2D eigenvalue weighted by atomic mass is 35.5. The molecule has 0 saturated heterocycles. The van der Waals surface area contributed by atoms with Gasteiger partial charge in [0, 0.05) is 25.2 Å². The summed E-state index contributed by atoms with van der Waals surface area (Å²) < 4.78 is 10.2. The van der Waals surface area contributed by atoms with E-state index in [0.29, 0.717) is 22.2 Å². The molecule has 0 aliphatic heterocycles. The van der Waals surface area contributed by atoms with Gasteiger partial charge in [-0.25, -0.2) is 0 Å². The van der Waals surface area contributed by atoms with E-state index in [1.807, 2.05) is 25.1 Å². The highest BCUT2D eigenvalue weighted by molar-refractivity contribution is 6.31. The van der Waals surface area contributed by atoms with Crippen LogP contribution >= 0.6 is 11.6 Å². The minimum Gasteiger partial charge on any atom is -0.481 e. The minimum atomic E-state index is -0.345. The Hall–Kier alpha value is -2.47. The fourth-order valence-electron chi connectivity index (χ4n) is 2.05. The number of nitrogens with zero attached hydrogens (tertiary/aromatic N) is 2. The molecule has 0 aliphatic carbocycles. The Kier molecular flexibility index (Phi) is 5.28. The van der Waals surface area contributed by atoms with Gasteiger partial charge in [0.2, 0.25) is 11.8 Å². The Morgan fingerprint density at radius 3 is 2.52 bits per heavy atom. The van der Waals surface area contributed by atoms with Gasteiger partial charge in [0.25, 0.3) is 5.91 Å². The molecule has 7 heteroatoms. The van der Waals surface area contributed by atoms with Crippen molar-refractivity contribution in [1.82, 2.24) is 4.98 Å². The largest absolute Gasteiger partial charge is 0.481 e. The van der Waals surface area contributed by atoms with Crippen LogP contribution in [0, 0.1) is 0 Å². The Balaban J connectivity index is 2.34. The highest BCUT2D eigenvalue weighted by Crippen LogP contribution is 2.29. The summed E-state index contributed by atoms with van der Waals surface area (Å²) in [6, 6.07) is 8.49. The van der Waals surface area contributed by atoms with Crippen LogP contribution in [0.4, 0.5) is 11.4 Å². The lowest BCUT2D eigenvalue weighted by atomic mass is 10.2. The van der Waals surface area contributed by atoms with Gasteiger partial charge in [0.1, 0.15) is 5.56 Å². The average molecular weight is 336 g/mol. The van der Waals surface area contributed by atoms with Crippen LogP contribution in [0.15, 0.2) is 30.3 Å². The maximum Gasteiger partial charge on any atom is 0.261 e. The van der Waals surface area contributed by atoms with Gasteiger partial charge in [0.15, 0.2) is 0 Å². The van der Waals surface area contributed by atoms with Crippen molar-refractivity contribution in [2.24, 2.45) is 0 Å². The maximum atomic E-state index is 12.5. The van der Waals surface area contributed by atoms with E-state index in [1.54, 1.807) is 24.3 Å². The van der Waals surface area contributed by atoms with Crippen LogP contribution in [0.5, 0.6) is 11.8 Å². The fourth-order valence-corrected chi connectivity index (χ4v) is 2.23. The molecule has 6 nitrogen and oxygen atoms in total. The molecule has 0 spiro atoms. The zero-order valence-electron chi connectivity index (χ0n) is 13.4. The van der Waals surface area contributed by atoms with Gasteiger partial charge in [0.05, 0.1) is 25.6 Å². The van der Waals surface area contributed by atoms with E-state index in [-0.39, 0.29) is 11.8 Å². The number of amides is 1. The molecule has 0 bridgehead atoms. The van der Waals surface area contributed by atoms with Gasteiger partial charge in [-0.2, -0.15) is 4.98 Å². The van der Waals surface area contributed by atoms with Crippen molar-refractivity contribution in [3.05, 3.63) is 40.9 Å². The summed E-state index contributed by atoms with van der Waals surface area (Å²) in [5.41, 5.74) is 1.74. The molecule has 0 radical (unpaired) electrons. The van der Waals surface area contributed by atoms with Crippen molar-refractivity contribution in [1.29, 1.82) is 0 Å². The van der Waals surface area contributed by atoms with E-state index < -0.39 is 0 Å². The van der Waals surface area contributed by atoms with Crippen molar-refractivity contribution < 1.29 is 14.3 Å². The molecule has 2 rings (SSSR count). The third kappa shape index (κ3) is 3.84. The first kappa shape index (κ1) is 16.9. The number of anilines is 2. The van der Waals surface area contributed by atoms with Gasteiger partial charge in [-0.1, -0.05) is 11.6 Å². The second-order valence-electron chi connectivity index (χ2n) is 4.92. The summed E-state index contributed by atoms with van der Waals surface area (Å²) in [5, 5.41) is 3.37. The summed E-state index contributed by atoms with van der Waals surface area (Å²) in [5.74, 6) is 0.216. The van der Waals surface area contributed by atoms with E-state index in [0.717, 1.165) is 5.69 Å². The normalized spacial score (nSPS) is 10.1. The van der Waals surface area contributed by atoms with Crippen LogP contribution in [-0.4, -0.2) is 39.2 Å². The lowest BCUT2D eigenvalue weighted by molar-refractivity contribution is 0.102. The first-order valence-corrected chi connectivity index (χ1v) is 7.21.